The van der Waals surface area contributed by atoms with Gasteiger partial charge < -0.3 is 34.2 Å². The van der Waals surface area contributed by atoms with E-state index in [1.54, 1.807) is 13.8 Å². The van der Waals surface area contributed by atoms with Crippen molar-refractivity contribution < 1.29 is 51.9 Å². The number of hydrogen-bond acceptors (Lipinski definition) is 15. The summed E-state index contributed by atoms with van der Waals surface area (Å²) >= 11 is 0. The number of nitrogens with zero attached hydrogens (tertiary/aromatic N) is 4. The van der Waals surface area contributed by atoms with E-state index in [-0.39, 0.29) is 11.5 Å². The smallest absolute Gasteiger partial charge is 0.462 e. The molecule has 0 aliphatic carbocycles. The molecule has 7 atom stereocenters. The molecule has 0 spiro atoms. The van der Waals surface area contributed by atoms with Crippen LogP contribution in [0.3, 0.4) is 0 Å². The van der Waals surface area contributed by atoms with Crippen LogP contribution in [0.5, 0.6) is 0 Å². The minimum Gasteiger partial charge on any atom is -0.462 e. The molecular formula is C26H38N6O11P+. The Bertz CT molecular complexity index is 1370. The zero-order valence-electron chi connectivity index (χ0n) is 25.7. The standard InChI is InChI=1S/C26H38N6O11P/c1-14(2)41-23(33)15(3)31-44(36)40-12-26(11-27,39-8)21(43-25(35)17(5)38-7)20(42-24(34)16(4)37-6)18-9-10-19-22(28)29-13-30-32(18)19/h9-10,13-17,20-21H,12H2,1-8H3,(H,31,36)(H2,28,29,30)/q+1/t15-,16+,17+,20-,21-,26+/m0/s1. The van der Waals surface area contributed by atoms with Crippen LogP contribution in [0.15, 0.2) is 18.5 Å². The van der Waals surface area contributed by atoms with Gasteiger partial charge in [-0.05, 0) is 51.3 Å². The van der Waals surface area contributed by atoms with Crippen molar-refractivity contribution >= 4 is 37.4 Å². The molecule has 17 nitrogen and oxygen atoms in total. The van der Waals surface area contributed by atoms with Gasteiger partial charge in [-0.3, -0.25) is 4.79 Å². The molecule has 18 heteroatoms. The van der Waals surface area contributed by atoms with E-state index in [0.717, 1.165) is 13.4 Å². The molecule has 0 aliphatic rings. The second-order valence-electron chi connectivity index (χ2n) is 9.74. The SMILES string of the molecule is CO[C@H](C)C(=O)O[C@@H](c1ccc2c(N)ncnn12)[C@H](OC(=O)[C@@H](C)OC)[C@@](C#N)(CO[P+](=O)N[C@@H](C)C(=O)OC(C)C)OC. The minimum absolute atomic E-state index is 0.0814. The maximum atomic E-state index is 13.1. The maximum absolute atomic E-state index is 13.1. The number of rotatable bonds is 17. The van der Waals surface area contributed by atoms with Gasteiger partial charge in [0.05, 0.1) is 11.8 Å². The van der Waals surface area contributed by atoms with Crippen LogP contribution in [0.25, 0.3) is 5.52 Å². The molecule has 2 aromatic rings. The van der Waals surface area contributed by atoms with Crippen LogP contribution >= 0.6 is 8.18 Å². The topological polar surface area (TPSA) is 225 Å². The number of carbonyl (C=O) groups excluding carboxylic acids is 3. The summed E-state index contributed by atoms with van der Waals surface area (Å²) in [6, 6.07) is 3.85. The average Bonchev–Trinajstić information content (AvgIpc) is 3.43. The molecule has 2 aromatic heterocycles. The average molecular weight is 642 g/mol. The lowest BCUT2D eigenvalue weighted by Crippen LogP contribution is -2.54. The first-order valence-electron chi connectivity index (χ1n) is 13.3. The van der Waals surface area contributed by atoms with Gasteiger partial charge in [-0.1, -0.05) is 5.09 Å². The van der Waals surface area contributed by atoms with Crippen molar-refractivity contribution in [2.24, 2.45) is 0 Å². The zero-order valence-corrected chi connectivity index (χ0v) is 26.6. The lowest BCUT2D eigenvalue weighted by molar-refractivity contribution is -0.202. The first kappa shape index (κ1) is 36.4. The van der Waals surface area contributed by atoms with Gasteiger partial charge in [0.1, 0.15) is 24.0 Å². The molecular weight excluding hydrogens is 603 g/mol. The Morgan fingerprint density at radius 2 is 1.64 bits per heavy atom. The molecule has 0 amide bonds. The van der Waals surface area contributed by atoms with Gasteiger partial charge in [0, 0.05) is 21.3 Å². The third kappa shape index (κ3) is 8.88. The van der Waals surface area contributed by atoms with Crippen molar-refractivity contribution in [3.63, 3.8) is 0 Å². The normalized spacial score (nSPS) is 16.6. The summed E-state index contributed by atoms with van der Waals surface area (Å²) in [5.41, 5.74) is 4.12. The summed E-state index contributed by atoms with van der Waals surface area (Å²) in [6.45, 7) is 6.72. The van der Waals surface area contributed by atoms with Crippen molar-refractivity contribution in [2.75, 3.05) is 33.7 Å². The lowest BCUT2D eigenvalue weighted by atomic mass is 9.92. The summed E-state index contributed by atoms with van der Waals surface area (Å²) in [5.74, 6) is -2.47. The maximum Gasteiger partial charge on any atom is 0.613 e. The Kier molecular flexibility index (Phi) is 13.5. The number of hydrogen-bond donors (Lipinski definition) is 2. The number of nitriles is 1. The van der Waals surface area contributed by atoms with E-state index in [1.807, 2.05) is 6.07 Å². The van der Waals surface area contributed by atoms with E-state index >= 15 is 0 Å². The fourth-order valence-electron chi connectivity index (χ4n) is 3.64. The van der Waals surface area contributed by atoms with Gasteiger partial charge in [0.15, 0.2) is 36.8 Å². The van der Waals surface area contributed by atoms with Crippen LogP contribution in [-0.2, 0) is 51.9 Å². The molecule has 0 radical (unpaired) electrons. The first-order valence-corrected chi connectivity index (χ1v) is 14.5. The van der Waals surface area contributed by atoms with Crippen molar-refractivity contribution in [1.29, 1.82) is 5.26 Å². The molecule has 0 bridgehead atoms. The molecule has 3 N–H and O–H groups in total. The number of aromatic nitrogens is 3. The number of methoxy groups -OCH3 is 3. The van der Waals surface area contributed by atoms with Gasteiger partial charge in [-0.2, -0.15) is 10.4 Å². The Morgan fingerprint density at radius 3 is 2.18 bits per heavy atom. The molecule has 44 heavy (non-hydrogen) atoms. The molecule has 242 valence electrons. The molecule has 0 fully saturated rings. The van der Waals surface area contributed by atoms with Crippen molar-refractivity contribution in [2.45, 2.75) is 76.8 Å². The number of nitrogens with two attached hydrogens (primary N) is 1. The van der Waals surface area contributed by atoms with Gasteiger partial charge in [-0.15, -0.1) is 4.52 Å². The molecule has 0 saturated carbocycles. The summed E-state index contributed by atoms with van der Waals surface area (Å²) in [5, 5.41) is 17.1. The second kappa shape index (κ2) is 16.3. The van der Waals surface area contributed by atoms with Crippen molar-refractivity contribution in [3.05, 3.63) is 24.2 Å². The largest absolute Gasteiger partial charge is 0.613 e. The fraction of sp³-hybridized carbons (Fsp3) is 0.615. The molecule has 0 saturated heterocycles. The minimum atomic E-state index is -2.81. The number of anilines is 1. The summed E-state index contributed by atoms with van der Waals surface area (Å²) in [7, 11) is 0.850. The van der Waals surface area contributed by atoms with E-state index in [4.69, 9.17) is 38.7 Å². The monoisotopic (exact) mass is 641 g/mol. The Hall–Kier alpha value is -3.78. The van der Waals surface area contributed by atoms with Crippen LogP contribution in [0.2, 0.25) is 0 Å². The fourth-order valence-corrected chi connectivity index (χ4v) is 4.44. The molecule has 0 aromatic carbocycles. The molecule has 2 heterocycles. The predicted molar refractivity (Wildman–Crippen MR) is 152 cm³/mol. The number of nitrogens with one attached hydrogen (secondary N) is 1. The predicted octanol–water partition coefficient (Wildman–Crippen LogP) is 1.39. The van der Waals surface area contributed by atoms with E-state index < -0.39 is 74.9 Å². The van der Waals surface area contributed by atoms with Crippen LogP contribution in [-0.4, -0.2) is 96.5 Å². The Balaban J connectivity index is 2.62. The zero-order chi connectivity index (χ0) is 33.2. The van der Waals surface area contributed by atoms with Gasteiger partial charge >= 0.3 is 26.1 Å². The van der Waals surface area contributed by atoms with Gasteiger partial charge in [0.2, 0.25) is 5.60 Å². The highest BCUT2D eigenvalue weighted by molar-refractivity contribution is 7.36. The van der Waals surface area contributed by atoms with Gasteiger partial charge in [-0.25, -0.2) is 19.1 Å². The Morgan fingerprint density at radius 1 is 1.02 bits per heavy atom. The van der Waals surface area contributed by atoms with E-state index in [9.17, 15) is 24.2 Å². The van der Waals surface area contributed by atoms with Crippen LogP contribution in [0.4, 0.5) is 5.82 Å². The molecule has 0 aliphatic heterocycles. The van der Waals surface area contributed by atoms with Crippen molar-refractivity contribution in [1.82, 2.24) is 19.7 Å². The van der Waals surface area contributed by atoms with E-state index in [2.05, 4.69) is 15.2 Å². The summed E-state index contributed by atoms with van der Waals surface area (Å²) in [4.78, 5) is 42.2. The van der Waals surface area contributed by atoms with Crippen LogP contribution in [0, 0.1) is 11.3 Å². The first-order chi connectivity index (χ1) is 20.7. The third-order valence-electron chi connectivity index (χ3n) is 6.35. The van der Waals surface area contributed by atoms with E-state index in [1.165, 1.54) is 51.6 Å². The quantitative estimate of drug-likeness (QED) is 0.141. The van der Waals surface area contributed by atoms with Crippen molar-refractivity contribution in [3.8, 4) is 6.07 Å². The number of ether oxygens (including phenoxy) is 6. The highest BCUT2D eigenvalue weighted by Crippen LogP contribution is 2.36. The Labute approximate surface area is 255 Å². The highest BCUT2D eigenvalue weighted by atomic mass is 31.1. The molecule has 2 rings (SSSR count). The van der Waals surface area contributed by atoms with E-state index in [0.29, 0.717) is 5.52 Å². The summed E-state index contributed by atoms with van der Waals surface area (Å²) < 4.78 is 51.8. The number of fused-ring (bicyclic) bond motifs is 1. The lowest BCUT2D eigenvalue weighted by Gasteiger charge is -2.36. The number of carbonyl (C=O) groups is 3. The van der Waals surface area contributed by atoms with Crippen LogP contribution in [0.1, 0.15) is 46.4 Å². The van der Waals surface area contributed by atoms with Gasteiger partial charge in [0.25, 0.3) is 0 Å². The molecule has 1 unspecified atom stereocenters. The summed E-state index contributed by atoms with van der Waals surface area (Å²) in [6.07, 6.45) is -4.89. The van der Waals surface area contributed by atoms with Crippen LogP contribution < -0.4 is 10.8 Å². The second-order valence-corrected chi connectivity index (χ2v) is 10.8. The number of esters is 3. The number of nitrogen functional groups attached to an aromatic ring is 1. The third-order valence-corrected chi connectivity index (χ3v) is 7.31. The highest BCUT2D eigenvalue weighted by Gasteiger charge is 2.53.